The maximum absolute atomic E-state index is 5.95. The second-order valence-corrected chi connectivity index (χ2v) is 8.19. The van der Waals surface area contributed by atoms with Crippen molar-refractivity contribution in [3.8, 4) is 0 Å². The number of aromatic nitrogens is 2. The lowest BCUT2D eigenvalue weighted by Crippen LogP contribution is -2.33. The first-order valence-electron chi connectivity index (χ1n) is 11.0. The molecule has 30 heavy (non-hydrogen) atoms. The number of benzene rings is 1. The van der Waals surface area contributed by atoms with Gasteiger partial charge in [-0.2, -0.15) is 0 Å². The maximum Gasteiger partial charge on any atom is 0.153 e. The Kier molecular flexibility index (Phi) is 5.47. The van der Waals surface area contributed by atoms with Gasteiger partial charge >= 0.3 is 0 Å². The number of nitrogens with two attached hydrogens (primary N) is 1. The Balaban J connectivity index is 1.47. The highest BCUT2D eigenvalue weighted by Crippen LogP contribution is 2.34. The molecule has 0 aliphatic heterocycles. The van der Waals surface area contributed by atoms with Gasteiger partial charge in [0, 0.05) is 23.5 Å². The van der Waals surface area contributed by atoms with Crippen LogP contribution in [0.1, 0.15) is 48.7 Å². The molecule has 5 rings (SSSR count). The molecule has 0 fully saturated rings. The summed E-state index contributed by atoms with van der Waals surface area (Å²) in [7, 11) is 0. The highest BCUT2D eigenvalue weighted by Gasteiger charge is 2.27. The van der Waals surface area contributed by atoms with E-state index >= 15 is 0 Å². The zero-order valence-electron chi connectivity index (χ0n) is 17.3. The molecule has 1 aliphatic rings. The lowest BCUT2D eigenvalue weighted by atomic mass is 9.90. The Bertz CT molecular complexity index is 1150. The van der Waals surface area contributed by atoms with E-state index in [1.165, 1.54) is 17.7 Å². The summed E-state index contributed by atoms with van der Waals surface area (Å²) in [5, 5.41) is 2.29. The second-order valence-electron chi connectivity index (χ2n) is 8.19. The van der Waals surface area contributed by atoms with Crippen LogP contribution in [0.25, 0.3) is 21.9 Å². The number of nitrogens with zero attached hydrogens (tertiary/aromatic N) is 3. The minimum absolute atomic E-state index is 0.339. The summed E-state index contributed by atoms with van der Waals surface area (Å²) in [5.41, 5.74) is 11.2. The van der Waals surface area contributed by atoms with E-state index in [2.05, 4.69) is 35.2 Å². The van der Waals surface area contributed by atoms with Crippen molar-refractivity contribution in [3.05, 3.63) is 71.8 Å². The number of furan rings is 1. The standard InChI is InChI=1S/C25H28N4O/c26-12-3-4-14-29(22-10-5-7-18-8-6-13-27-25(18)22)17-19-15-21-20-9-1-2-11-23(20)30-24(21)16-28-19/h1-2,6,8-9,11,13,15-16,22H,3-5,7,10,12,14,17,26H2. The van der Waals surface area contributed by atoms with Gasteiger partial charge in [-0.05, 0) is 69.0 Å². The molecular formula is C25H28N4O. The van der Waals surface area contributed by atoms with Crippen LogP contribution >= 0.6 is 0 Å². The van der Waals surface area contributed by atoms with Gasteiger partial charge in [0.05, 0.1) is 23.6 Å². The summed E-state index contributed by atoms with van der Waals surface area (Å²) < 4.78 is 5.95. The number of unbranched alkanes of at least 4 members (excludes halogenated alkanes) is 1. The van der Waals surface area contributed by atoms with Gasteiger partial charge in [0.15, 0.2) is 5.58 Å². The van der Waals surface area contributed by atoms with Crippen molar-refractivity contribution in [2.75, 3.05) is 13.1 Å². The number of pyridine rings is 2. The molecule has 0 saturated carbocycles. The Morgan fingerprint density at radius 3 is 2.90 bits per heavy atom. The summed E-state index contributed by atoms with van der Waals surface area (Å²) in [6.45, 7) is 2.54. The Labute approximate surface area is 176 Å². The van der Waals surface area contributed by atoms with Crippen LogP contribution in [-0.2, 0) is 13.0 Å². The predicted octanol–water partition coefficient (Wildman–Crippen LogP) is 4.99. The Morgan fingerprint density at radius 1 is 1.03 bits per heavy atom. The van der Waals surface area contributed by atoms with Gasteiger partial charge in [0.25, 0.3) is 0 Å². The molecule has 0 spiro atoms. The van der Waals surface area contributed by atoms with Crippen LogP contribution in [0, 0.1) is 0 Å². The smallest absolute Gasteiger partial charge is 0.153 e. The third-order valence-electron chi connectivity index (χ3n) is 6.19. The molecule has 154 valence electrons. The normalized spacial score (nSPS) is 16.4. The van der Waals surface area contributed by atoms with Crippen LogP contribution in [0.4, 0.5) is 0 Å². The SMILES string of the molecule is NCCCCN(Cc1cc2c(cn1)oc1ccccc12)C1CCCc2cccnc21. The molecule has 2 N–H and O–H groups in total. The van der Waals surface area contributed by atoms with Gasteiger partial charge in [-0.25, -0.2) is 0 Å². The predicted molar refractivity (Wildman–Crippen MR) is 120 cm³/mol. The van der Waals surface area contributed by atoms with E-state index in [0.29, 0.717) is 6.04 Å². The molecule has 3 aromatic heterocycles. The first kappa shape index (κ1) is 19.2. The molecule has 1 aliphatic carbocycles. The number of hydrogen-bond acceptors (Lipinski definition) is 5. The summed E-state index contributed by atoms with van der Waals surface area (Å²) in [5.74, 6) is 0. The van der Waals surface area contributed by atoms with Crippen LogP contribution in [0.5, 0.6) is 0 Å². The van der Waals surface area contributed by atoms with E-state index in [1.807, 2.05) is 24.5 Å². The Morgan fingerprint density at radius 2 is 1.97 bits per heavy atom. The molecule has 0 amide bonds. The number of aryl methyl sites for hydroxylation is 1. The van der Waals surface area contributed by atoms with Crippen molar-refractivity contribution in [2.24, 2.45) is 5.73 Å². The molecule has 1 atom stereocenters. The lowest BCUT2D eigenvalue weighted by molar-refractivity contribution is 0.161. The Hall–Kier alpha value is -2.76. The van der Waals surface area contributed by atoms with Gasteiger partial charge in [-0.15, -0.1) is 0 Å². The first-order valence-corrected chi connectivity index (χ1v) is 11.0. The molecule has 0 radical (unpaired) electrons. The van der Waals surface area contributed by atoms with Crippen molar-refractivity contribution in [1.29, 1.82) is 0 Å². The van der Waals surface area contributed by atoms with Gasteiger partial charge in [-0.1, -0.05) is 24.3 Å². The van der Waals surface area contributed by atoms with Crippen molar-refractivity contribution in [3.63, 3.8) is 0 Å². The quantitative estimate of drug-likeness (QED) is 0.442. The molecule has 4 aromatic rings. The number of rotatable bonds is 7. The van der Waals surface area contributed by atoms with E-state index < -0.39 is 0 Å². The molecule has 0 saturated heterocycles. The third-order valence-corrected chi connectivity index (χ3v) is 6.19. The first-order chi connectivity index (χ1) is 14.8. The van der Waals surface area contributed by atoms with E-state index in [1.54, 1.807) is 0 Å². The van der Waals surface area contributed by atoms with Gasteiger partial charge < -0.3 is 10.2 Å². The van der Waals surface area contributed by atoms with Crippen LogP contribution in [0.2, 0.25) is 0 Å². The summed E-state index contributed by atoms with van der Waals surface area (Å²) in [6, 6.07) is 15.0. The summed E-state index contributed by atoms with van der Waals surface area (Å²) >= 11 is 0. The molecular weight excluding hydrogens is 372 g/mol. The highest BCUT2D eigenvalue weighted by atomic mass is 16.3. The highest BCUT2D eigenvalue weighted by molar-refractivity contribution is 6.04. The zero-order valence-corrected chi connectivity index (χ0v) is 17.3. The fourth-order valence-electron chi connectivity index (χ4n) is 4.71. The second kappa shape index (κ2) is 8.54. The lowest BCUT2D eigenvalue weighted by Gasteiger charge is -2.35. The topological polar surface area (TPSA) is 68.2 Å². The van der Waals surface area contributed by atoms with Crippen LogP contribution in [0.15, 0.2) is 59.3 Å². The average Bonchev–Trinajstić information content (AvgIpc) is 3.16. The van der Waals surface area contributed by atoms with Crippen LogP contribution < -0.4 is 5.73 Å². The monoisotopic (exact) mass is 400 g/mol. The molecule has 1 aromatic carbocycles. The van der Waals surface area contributed by atoms with Crippen molar-refractivity contribution in [2.45, 2.75) is 44.7 Å². The van der Waals surface area contributed by atoms with E-state index in [-0.39, 0.29) is 0 Å². The maximum atomic E-state index is 5.95. The fraction of sp³-hybridized carbons (Fsp3) is 0.360. The fourth-order valence-corrected chi connectivity index (χ4v) is 4.71. The number of para-hydroxylation sites is 1. The summed E-state index contributed by atoms with van der Waals surface area (Å²) in [4.78, 5) is 12.1. The van der Waals surface area contributed by atoms with Crippen LogP contribution in [-0.4, -0.2) is 28.0 Å². The van der Waals surface area contributed by atoms with Gasteiger partial charge in [0.2, 0.25) is 0 Å². The van der Waals surface area contributed by atoms with Gasteiger partial charge in [0.1, 0.15) is 5.58 Å². The average molecular weight is 401 g/mol. The molecule has 5 heteroatoms. The van der Waals surface area contributed by atoms with E-state index in [4.69, 9.17) is 20.1 Å². The number of fused-ring (bicyclic) bond motifs is 4. The van der Waals surface area contributed by atoms with E-state index in [0.717, 1.165) is 72.9 Å². The summed E-state index contributed by atoms with van der Waals surface area (Å²) in [6.07, 6.45) is 9.40. The molecule has 0 bridgehead atoms. The minimum atomic E-state index is 0.339. The van der Waals surface area contributed by atoms with E-state index in [9.17, 15) is 0 Å². The zero-order chi connectivity index (χ0) is 20.3. The van der Waals surface area contributed by atoms with Crippen molar-refractivity contribution < 1.29 is 4.42 Å². The van der Waals surface area contributed by atoms with Gasteiger partial charge in [-0.3, -0.25) is 14.9 Å². The molecule has 3 heterocycles. The van der Waals surface area contributed by atoms with Crippen molar-refractivity contribution >= 4 is 21.9 Å². The largest absolute Gasteiger partial charge is 0.454 e. The molecule has 5 nitrogen and oxygen atoms in total. The minimum Gasteiger partial charge on any atom is -0.454 e. The number of hydrogen-bond donors (Lipinski definition) is 1. The van der Waals surface area contributed by atoms with Crippen molar-refractivity contribution in [1.82, 2.24) is 14.9 Å². The third kappa shape index (κ3) is 3.71. The molecule has 1 unspecified atom stereocenters. The van der Waals surface area contributed by atoms with Crippen LogP contribution in [0.3, 0.4) is 0 Å².